The van der Waals surface area contributed by atoms with E-state index in [-0.39, 0.29) is 42.9 Å². The van der Waals surface area contributed by atoms with Gasteiger partial charge in [-0.25, -0.2) is 9.97 Å². The molecule has 0 saturated carbocycles. The Morgan fingerprint density at radius 3 is 1.57 bits per heavy atom. The number of amides is 1. The first-order valence-electron chi connectivity index (χ1n) is 18.2. The highest BCUT2D eigenvalue weighted by molar-refractivity contribution is 7.59. The van der Waals surface area contributed by atoms with Crippen molar-refractivity contribution in [1.82, 2.24) is 29.5 Å². The van der Waals surface area contributed by atoms with Crippen LogP contribution in [0.3, 0.4) is 0 Å². The van der Waals surface area contributed by atoms with E-state index in [2.05, 4.69) is 34.6 Å². The molecule has 4 aromatic carbocycles. The molecule has 0 saturated heterocycles. The number of hydrogen-bond acceptors (Lipinski definition) is 14. The SMILES string of the molecule is CB(O)P.COc1ccc2c(C(=O)c3ccccc3)nn(CC(=O)Nc3nccs3)c2c1.COc1ccc2c(C(=O)c3ccccc3)nn(CC(=O)O)c2c1.Nc1nccs1. The minimum Gasteiger partial charge on any atom is -0.497 e. The van der Waals surface area contributed by atoms with Crippen LogP contribution in [0.25, 0.3) is 21.8 Å². The van der Waals surface area contributed by atoms with E-state index < -0.39 is 5.97 Å². The molecule has 4 aromatic heterocycles. The van der Waals surface area contributed by atoms with Crippen molar-refractivity contribution in [2.24, 2.45) is 0 Å². The molecule has 0 radical (unpaired) electrons. The number of carboxylic acid groups (broad SMARTS) is 1. The number of aromatic nitrogens is 6. The van der Waals surface area contributed by atoms with Gasteiger partial charge in [0, 0.05) is 57.2 Å². The van der Waals surface area contributed by atoms with Gasteiger partial charge in [0.1, 0.15) is 36.0 Å². The van der Waals surface area contributed by atoms with E-state index in [0.717, 1.165) is 0 Å². The van der Waals surface area contributed by atoms with E-state index in [4.69, 9.17) is 25.3 Å². The maximum Gasteiger partial charge on any atom is 0.325 e. The highest BCUT2D eigenvalue weighted by Gasteiger charge is 2.22. The minimum atomic E-state index is -1.03. The van der Waals surface area contributed by atoms with Gasteiger partial charge in [-0.3, -0.25) is 28.5 Å². The molecule has 1 atom stereocenters. The number of nitrogens with one attached hydrogen (secondary N) is 1. The van der Waals surface area contributed by atoms with Gasteiger partial charge in [-0.05, 0) is 24.3 Å². The van der Waals surface area contributed by atoms with Crippen molar-refractivity contribution in [1.29, 1.82) is 0 Å². The number of aliphatic carboxylic acids is 1. The van der Waals surface area contributed by atoms with Crippen LogP contribution in [0.2, 0.25) is 6.82 Å². The fraction of sp³-hybridized carbons (Fsp3) is 0.122. The summed E-state index contributed by atoms with van der Waals surface area (Å²) in [6.45, 7) is 1.06. The average Bonchev–Trinajstić information content (AvgIpc) is 4.09. The first-order chi connectivity index (χ1) is 29.4. The third kappa shape index (κ3) is 12.6. The smallest absolute Gasteiger partial charge is 0.325 e. The zero-order valence-electron chi connectivity index (χ0n) is 33.0. The van der Waals surface area contributed by atoms with Crippen LogP contribution in [0, 0.1) is 0 Å². The molecule has 0 spiro atoms. The number of rotatable bonds is 11. The zero-order valence-corrected chi connectivity index (χ0v) is 35.8. The number of fused-ring (bicyclic) bond motifs is 2. The third-order valence-corrected chi connectivity index (χ3v) is 9.42. The Bertz CT molecular complexity index is 2690. The molecule has 8 aromatic rings. The summed E-state index contributed by atoms with van der Waals surface area (Å²) in [5, 5.41) is 34.5. The standard InChI is InChI=1S/C20H16N4O3S.C17H14N2O4.C3H4N2S.CH6BOP/c1-27-14-7-8-15-16(11-14)24(12-17(25)22-20-21-9-10-28-20)23-18(15)19(26)13-5-3-2-4-6-13;1-23-12-7-8-13-14(9-12)19(10-15(20)21)18-16(13)17(22)11-5-3-2-4-6-11;4-3-5-1-2-6-3;1-2(3)4/h2-11H,12H2,1H3,(H,21,22,25);2-9H,10H2,1H3,(H,20,21);1-2H,(H2,4,5);3H,4H2,1H3. The fourth-order valence-corrected chi connectivity index (χ4v) is 6.46. The first-order valence-corrected chi connectivity index (χ1v) is 20.6. The summed E-state index contributed by atoms with van der Waals surface area (Å²) in [6.07, 6.45) is 3.30. The predicted molar refractivity (Wildman–Crippen MR) is 241 cm³/mol. The average molecular weight is 879 g/mol. The normalized spacial score (nSPS) is 10.2. The van der Waals surface area contributed by atoms with Crippen molar-refractivity contribution in [3.05, 3.63) is 143 Å². The zero-order chi connectivity index (χ0) is 43.9. The Morgan fingerprint density at radius 1 is 0.738 bits per heavy atom. The maximum absolute atomic E-state index is 13.0. The summed E-state index contributed by atoms with van der Waals surface area (Å²) >= 11 is 2.78. The van der Waals surface area contributed by atoms with Gasteiger partial charge in [0.15, 0.2) is 10.3 Å². The van der Waals surface area contributed by atoms with E-state index in [1.807, 2.05) is 17.5 Å². The second-order valence-electron chi connectivity index (χ2n) is 12.6. The molecule has 8 rings (SSSR count). The monoisotopic (exact) mass is 878 g/mol. The number of carbonyl (C=O) groups excluding carboxylic acids is 3. The molecule has 16 nitrogen and oxygen atoms in total. The number of carboxylic acids is 1. The Hall–Kier alpha value is -6.79. The summed E-state index contributed by atoms with van der Waals surface area (Å²) in [6, 6.07) is 28.1. The topological polar surface area (TPSA) is 227 Å². The molecule has 0 bridgehead atoms. The largest absolute Gasteiger partial charge is 0.497 e. The van der Waals surface area contributed by atoms with Crippen LogP contribution in [0.1, 0.15) is 32.1 Å². The molecule has 0 fully saturated rings. The van der Waals surface area contributed by atoms with E-state index >= 15 is 0 Å². The Balaban J connectivity index is 0.000000191. The van der Waals surface area contributed by atoms with Gasteiger partial charge >= 0.3 is 12.6 Å². The summed E-state index contributed by atoms with van der Waals surface area (Å²) < 4.78 is 13.3. The van der Waals surface area contributed by atoms with Crippen LogP contribution in [0.4, 0.5) is 10.3 Å². The number of ketones is 2. The lowest BCUT2D eigenvalue weighted by Gasteiger charge is -2.05. The number of benzene rings is 4. The second-order valence-corrected chi connectivity index (χ2v) is 15.3. The molecule has 4 heterocycles. The fourth-order valence-electron chi connectivity index (χ4n) is 5.53. The van der Waals surface area contributed by atoms with Crippen LogP contribution >= 0.6 is 31.8 Å². The Morgan fingerprint density at radius 2 is 1.20 bits per heavy atom. The number of carbonyl (C=O) groups is 4. The molecule has 1 unspecified atom stereocenters. The number of nitrogens with zero attached hydrogens (tertiary/aromatic N) is 6. The number of nitrogens with two attached hydrogens (primary N) is 1. The predicted octanol–water partition coefficient (Wildman–Crippen LogP) is 6.43. The molecule has 61 heavy (non-hydrogen) atoms. The quantitative estimate of drug-likeness (QED) is 0.0625. The van der Waals surface area contributed by atoms with Crippen molar-refractivity contribution < 1.29 is 38.8 Å². The number of anilines is 2. The summed E-state index contributed by atoms with van der Waals surface area (Å²) in [7, 11) is 5.30. The van der Waals surface area contributed by atoms with Gasteiger partial charge in [0.2, 0.25) is 17.5 Å². The van der Waals surface area contributed by atoms with Crippen molar-refractivity contribution in [3.8, 4) is 11.5 Å². The van der Waals surface area contributed by atoms with Gasteiger partial charge in [-0.2, -0.15) is 10.2 Å². The van der Waals surface area contributed by atoms with E-state index in [1.54, 1.807) is 117 Å². The van der Waals surface area contributed by atoms with Crippen molar-refractivity contribution in [2.75, 3.05) is 25.3 Å². The van der Waals surface area contributed by atoms with Crippen LogP contribution in [-0.2, 0) is 22.7 Å². The van der Waals surface area contributed by atoms with Crippen LogP contribution < -0.4 is 20.5 Å². The molecule has 5 N–H and O–H groups in total. The van der Waals surface area contributed by atoms with Crippen LogP contribution in [-0.4, -0.2) is 84.0 Å². The molecular formula is C41H40BN8O8PS2. The van der Waals surface area contributed by atoms with Crippen molar-refractivity contribution in [3.63, 3.8) is 0 Å². The number of ether oxygens (including phenoxy) is 2. The van der Waals surface area contributed by atoms with Gasteiger partial charge in [-0.15, -0.1) is 31.8 Å². The molecule has 0 aliphatic heterocycles. The second kappa shape index (κ2) is 22.0. The lowest BCUT2D eigenvalue weighted by molar-refractivity contribution is -0.137. The Kier molecular flexibility index (Phi) is 16.3. The third-order valence-electron chi connectivity index (χ3n) is 8.13. The molecule has 20 heteroatoms. The van der Waals surface area contributed by atoms with E-state index in [1.165, 1.54) is 39.1 Å². The Labute approximate surface area is 360 Å². The number of hydrogen-bond donors (Lipinski definition) is 4. The maximum atomic E-state index is 13.0. The van der Waals surface area contributed by atoms with Crippen LogP contribution in [0.5, 0.6) is 11.5 Å². The highest BCUT2D eigenvalue weighted by Crippen LogP contribution is 2.27. The van der Waals surface area contributed by atoms with Gasteiger partial charge in [0.25, 0.3) is 0 Å². The minimum absolute atomic E-state index is 0.0503. The van der Waals surface area contributed by atoms with E-state index in [0.29, 0.717) is 60.4 Å². The number of nitrogen functional groups attached to an aromatic ring is 1. The van der Waals surface area contributed by atoms with Gasteiger partial charge in [-0.1, -0.05) is 67.5 Å². The van der Waals surface area contributed by atoms with Crippen LogP contribution in [0.15, 0.2) is 120 Å². The molecule has 0 aliphatic carbocycles. The summed E-state index contributed by atoms with van der Waals surface area (Å²) in [5.74, 6) is -0.563. The lowest BCUT2D eigenvalue weighted by atomic mass is 10.1. The summed E-state index contributed by atoms with van der Waals surface area (Å²) in [5.41, 5.74) is 7.95. The first kappa shape index (κ1) is 45.3. The summed E-state index contributed by atoms with van der Waals surface area (Å²) in [4.78, 5) is 56.8. The molecule has 1 amide bonds. The van der Waals surface area contributed by atoms with Crippen molar-refractivity contribution in [2.45, 2.75) is 19.9 Å². The number of thiazole rings is 2. The van der Waals surface area contributed by atoms with Gasteiger partial charge < -0.3 is 30.7 Å². The van der Waals surface area contributed by atoms with Crippen molar-refractivity contribution >= 4 is 93.9 Å². The number of methoxy groups -OCH3 is 2. The molecular weight excluding hydrogens is 838 g/mol. The highest BCUT2D eigenvalue weighted by atomic mass is 32.1. The molecule has 312 valence electrons. The van der Waals surface area contributed by atoms with E-state index in [9.17, 15) is 19.2 Å². The van der Waals surface area contributed by atoms with Gasteiger partial charge in [0.05, 0.1) is 25.3 Å². The molecule has 0 aliphatic rings. The lowest BCUT2D eigenvalue weighted by Crippen LogP contribution is -2.19.